The van der Waals surface area contributed by atoms with Crippen molar-refractivity contribution in [1.82, 2.24) is 4.90 Å². The predicted molar refractivity (Wildman–Crippen MR) is 73.3 cm³/mol. The molecule has 1 heterocycles. The topological polar surface area (TPSA) is 20.3 Å². The zero-order valence-corrected chi connectivity index (χ0v) is 12.2. The van der Waals surface area contributed by atoms with Crippen LogP contribution < -0.4 is 0 Å². The number of thiophene rings is 1. The number of carbonyl (C=O) groups is 1. The van der Waals surface area contributed by atoms with Crippen LogP contribution in [-0.4, -0.2) is 29.2 Å². The molecule has 1 unspecified atom stereocenters. The first-order chi connectivity index (χ1) is 7.65. The maximum absolute atomic E-state index is 11.8. The van der Waals surface area contributed by atoms with E-state index in [0.717, 1.165) is 18.2 Å². The molecule has 0 N–H and O–H groups in total. The molecule has 1 amide bonds. The molecule has 1 atom stereocenters. The lowest BCUT2D eigenvalue weighted by Gasteiger charge is -2.23. The Hall–Kier alpha value is -0.350. The average molecular weight is 304 g/mol. The second-order valence-corrected chi connectivity index (χ2v) is 5.62. The van der Waals surface area contributed by atoms with Crippen LogP contribution in [0.25, 0.3) is 0 Å². The summed E-state index contributed by atoms with van der Waals surface area (Å²) in [5, 5.41) is 2.91. The van der Waals surface area contributed by atoms with E-state index in [1.165, 1.54) is 4.88 Å². The number of alkyl halides is 1. The van der Waals surface area contributed by atoms with E-state index in [2.05, 4.69) is 33.4 Å². The molecule has 4 heteroatoms. The molecule has 90 valence electrons. The van der Waals surface area contributed by atoms with Crippen molar-refractivity contribution in [3.05, 3.63) is 22.4 Å². The van der Waals surface area contributed by atoms with Crippen molar-refractivity contribution in [2.45, 2.75) is 32.2 Å². The molecule has 0 radical (unpaired) electrons. The Morgan fingerprint density at radius 2 is 2.38 bits per heavy atom. The summed E-state index contributed by atoms with van der Waals surface area (Å²) < 4.78 is 0. The first kappa shape index (κ1) is 13.7. The molecular formula is C12H18BrNOS. The second kappa shape index (κ2) is 7.07. The van der Waals surface area contributed by atoms with E-state index < -0.39 is 0 Å². The highest BCUT2D eigenvalue weighted by atomic mass is 79.9. The average Bonchev–Trinajstić information content (AvgIpc) is 2.79. The quantitative estimate of drug-likeness (QED) is 0.738. The maximum atomic E-state index is 11.8. The fourth-order valence-corrected chi connectivity index (χ4v) is 2.58. The largest absolute Gasteiger partial charge is 0.342 e. The zero-order chi connectivity index (χ0) is 12.0. The van der Waals surface area contributed by atoms with Crippen LogP contribution in [0, 0.1) is 0 Å². The molecule has 0 bridgehead atoms. The van der Waals surface area contributed by atoms with Crippen LogP contribution in [0.4, 0.5) is 0 Å². The van der Waals surface area contributed by atoms with Crippen LogP contribution >= 0.6 is 27.3 Å². The van der Waals surface area contributed by atoms with Crippen molar-refractivity contribution in [1.29, 1.82) is 0 Å². The minimum atomic E-state index is 0.239. The second-order valence-electron chi connectivity index (χ2n) is 3.94. The highest BCUT2D eigenvalue weighted by Crippen LogP contribution is 2.13. The van der Waals surface area contributed by atoms with Gasteiger partial charge in [0.15, 0.2) is 0 Å². The molecule has 1 aromatic rings. The Labute approximate surface area is 110 Å². The van der Waals surface area contributed by atoms with Gasteiger partial charge in [-0.3, -0.25) is 4.79 Å². The lowest BCUT2D eigenvalue weighted by molar-refractivity contribution is -0.131. The summed E-state index contributed by atoms with van der Waals surface area (Å²) in [4.78, 5) is 15.0. The van der Waals surface area contributed by atoms with Crippen LogP contribution in [0.5, 0.6) is 0 Å². The number of hydrogen-bond donors (Lipinski definition) is 0. The van der Waals surface area contributed by atoms with Crippen molar-refractivity contribution in [2.24, 2.45) is 0 Å². The number of hydrogen-bond acceptors (Lipinski definition) is 2. The minimum absolute atomic E-state index is 0.239. The van der Waals surface area contributed by atoms with E-state index in [4.69, 9.17) is 0 Å². The van der Waals surface area contributed by atoms with Gasteiger partial charge < -0.3 is 4.90 Å². The molecule has 1 rings (SSSR count). The van der Waals surface area contributed by atoms with Crippen LogP contribution in [0.1, 0.15) is 24.6 Å². The molecule has 0 spiro atoms. The molecule has 2 nitrogen and oxygen atoms in total. The summed E-state index contributed by atoms with van der Waals surface area (Å²) in [6, 6.07) is 4.45. The Kier molecular flexibility index (Phi) is 6.06. The molecule has 16 heavy (non-hydrogen) atoms. The van der Waals surface area contributed by atoms with Crippen molar-refractivity contribution in [3.63, 3.8) is 0 Å². The van der Waals surface area contributed by atoms with Crippen molar-refractivity contribution in [2.75, 3.05) is 12.4 Å². The highest BCUT2D eigenvalue weighted by Gasteiger charge is 2.13. The first-order valence-electron chi connectivity index (χ1n) is 5.49. The van der Waals surface area contributed by atoms with Gasteiger partial charge in [0.25, 0.3) is 0 Å². The van der Waals surface area contributed by atoms with Gasteiger partial charge in [-0.05, 0) is 31.2 Å². The fraction of sp³-hybridized carbons (Fsp3) is 0.583. The summed E-state index contributed by atoms with van der Waals surface area (Å²) in [5.41, 5.74) is 0. The number of rotatable bonds is 6. The van der Waals surface area contributed by atoms with E-state index in [1.54, 1.807) is 11.3 Å². The number of nitrogens with zero attached hydrogens (tertiary/aromatic N) is 1. The Morgan fingerprint density at radius 1 is 1.62 bits per heavy atom. The van der Waals surface area contributed by atoms with Crippen molar-refractivity contribution in [3.8, 4) is 0 Å². The van der Waals surface area contributed by atoms with Gasteiger partial charge in [-0.1, -0.05) is 22.0 Å². The fourth-order valence-electron chi connectivity index (χ4n) is 1.39. The predicted octanol–water partition coefficient (Wildman–Crippen LogP) is 3.31. The van der Waals surface area contributed by atoms with Crippen LogP contribution in [-0.2, 0) is 11.2 Å². The standard InChI is InChI=1S/C12H18BrNOS/c1-10(9-13)14(2)12(15)7-3-5-11-6-4-8-16-11/h4,6,8,10H,3,5,7,9H2,1-2H3. The maximum Gasteiger partial charge on any atom is 0.222 e. The molecule has 0 aliphatic heterocycles. The van der Waals surface area contributed by atoms with E-state index in [0.29, 0.717) is 6.42 Å². The van der Waals surface area contributed by atoms with E-state index in [-0.39, 0.29) is 11.9 Å². The van der Waals surface area contributed by atoms with Gasteiger partial charge in [0.1, 0.15) is 0 Å². The molecule has 0 aliphatic rings. The number of carbonyl (C=O) groups excluding carboxylic acids is 1. The lowest BCUT2D eigenvalue weighted by Crippen LogP contribution is -2.35. The third kappa shape index (κ3) is 4.26. The Morgan fingerprint density at radius 3 is 2.94 bits per heavy atom. The summed E-state index contributed by atoms with van der Waals surface area (Å²) in [5.74, 6) is 0.239. The van der Waals surface area contributed by atoms with E-state index in [1.807, 2.05) is 18.9 Å². The summed E-state index contributed by atoms with van der Waals surface area (Å²) >= 11 is 5.15. The van der Waals surface area contributed by atoms with Gasteiger partial charge in [-0.15, -0.1) is 11.3 Å². The first-order valence-corrected chi connectivity index (χ1v) is 7.49. The highest BCUT2D eigenvalue weighted by molar-refractivity contribution is 9.09. The van der Waals surface area contributed by atoms with Gasteiger partial charge in [0.05, 0.1) is 0 Å². The van der Waals surface area contributed by atoms with Gasteiger partial charge in [0, 0.05) is 29.7 Å². The molecule has 1 aromatic heterocycles. The minimum Gasteiger partial charge on any atom is -0.342 e. The third-order valence-electron chi connectivity index (χ3n) is 2.67. The summed E-state index contributed by atoms with van der Waals surface area (Å²) in [7, 11) is 1.87. The van der Waals surface area contributed by atoms with Crippen molar-refractivity contribution >= 4 is 33.2 Å². The number of halogens is 1. The Bertz CT molecular complexity index is 313. The summed E-state index contributed by atoms with van der Waals surface area (Å²) in [6.07, 6.45) is 2.60. The smallest absolute Gasteiger partial charge is 0.222 e. The van der Waals surface area contributed by atoms with Crippen molar-refractivity contribution < 1.29 is 4.79 Å². The summed E-state index contributed by atoms with van der Waals surface area (Å²) in [6.45, 7) is 2.05. The molecule has 0 aliphatic carbocycles. The molecule has 0 fully saturated rings. The van der Waals surface area contributed by atoms with E-state index >= 15 is 0 Å². The SMILES string of the molecule is CC(CBr)N(C)C(=O)CCCc1cccs1. The Balaban J connectivity index is 2.24. The molecule has 0 saturated heterocycles. The van der Waals surface area contributed by atoms with Gasteiger partial charge in [-0.2, -0.15) is 0 Å². The van der Waals surface area contributed by atoms with Gasteiger partial charge in [-0.25, -0.2) is 0 Å². The van der Waals surface area contributed by atoms with Gasteiger partial charge in [0.2, 0.25) is 5.91 Å². The van der Waals surface area contributed by atoms with Gasteiger partial charge >= 0.3 is 0 Å². The monoisotopic (exact) mass is 303 g/mol. The van der Waals surface area contributed by atoms with Crippen LogP contribution in [0.3, 0.4) is 0 Å². The zero-order valence-electron chi connectivity index (χ0n) is 9.78. The molecule has 0 aromatic carbocycles. The third-order valence-corrected chi connectivity index (χ3v) is 4.54. The van der Waals surface area contributed by atoms with E-state index in [9.17, 15) is 4.79 Å². The number of aryl methyl sites for hydroxylation is 1. The number of amides is 1. The van der Waals surface area contributed by atoms with Crippen LogP contribution in [0.15, 0.2) is 17.5 Å². The molecular weight excluding hydrogens is 286 g/mol. The molecule has 0 saturated carbocycles. The van der Waals surface area contributed by atoms with Crippen LogP contribution in [0.2, 0.25) is 0 Å². The lowest BCUT2D eigenvalue weighted by atomic mass is 10.2. The normalized spacial score (nSPS) is 12.4.